The molecule has 25 heavy (non-hydrogen) atoms. The summed E-state index contributed by atoms with van der Waals surface area (Å²) in [7, 11) is 0. The first-order chi connectivity index (χ1) is 12.1. The molecule has 0 atom stereocenters. The summed E-state index contributed by atoms with van der Waals surface area (Å²) in [6.45, 7) is 7.46. The molecule has 1 saturated carbocycles. The number of fused-ring (bicyclic) bond motifs is 1. The zero-order valence-electron chi connectivity index (χ0n) is 14.7. The van der Waals surface area contributed by atoms with Crippen LogP contribution in [0, 0.1) is 13.8 Å². The van der Waals surface area contributed by atoms with Crippen molar-refractivity contribution in [3.8, 4) is 0 Å². The van der Waals surface area contributed by atoms with Crippen LogP contribution in [-0.2, 0) is 6.54 Å². The highest BCUT2D eigenvalue weighted by atomic mass is 32.1. The van der Waals surface area contributed by atoms with Gasteiger partial charge in [-0.05, 0) is 50.6 Å². The number of thiophene rings is 2. The van der Waals surface area contributed by atoms with Crippen molar-refractivity contribution >= 4 is 38.8 Å². The summed E-state index contributed by atoms with van der Waals surface area (Å²) >= 11 is 3.21. The quantitative estimate of drug-likeness (QED) is 0.640. The highest BCUT2D eigenvalue weighted by Gasteiger charge is 2.29. The summed E-state index contributed by atoms with van der Waals surface area (Å²) in [5.74, 6) is 1.58. The molecule has 3 aromatic rings. The van der Waals surface area contributed by atoms with Gasteiger partial charge in [0.05, 0.1) is 17.1 Å². The average Bonchev–Trinajstić information content (AvgIpc) is 3.22. The van der Waals surface area contributed by atoms with E-state index in [0.717, 1.165) is 32.2 Å². The molecule has 6 heteroatoms. The molecule has 0 unspecified atom stereocenters. The third-order valence-electron chi connectivity index (χ3n) is 4.72. The largest absolute Gasteiger partial charge is 0.333 e. The maximum absolute atomic E-state index is 13.1. The lowest BCUT2D eigenvalue weighted by molar-refractivity contribution is 0.0758. The molecule has 3 heterocycles. The molecule has 4 rings (SSSR count). The number of aryl methyl sites for hydroxylation is 2. The predicted octanol–water partition coefficient (Wildman–Crippen LogP) is 4.91. The van der Waals surface area contributed by atoms with Crippen molar-refractivity contribution in [1.29, 1.82) is 0 Å². The van der Waals surface area contributed by atoms with E-state index in [9.17, 15) is 4.79 Å². The summed E-state index contributed by atoms with van der Waals surface area (Å²) in [6, 6.07) is 4.11. The van der Waals surface area contributed by atoms with E-state index in [1.807, 2.05) is 31.7 Å². The Hall–Kier alpha value is -1.79. The van der Waals surface area contributed by atoms with Gasteiger partial charge in [-0.2, -0.15) is 0 Å². The van der Waals surface area contributed by atoms with Crippen LogP contribution >= 0.6 is 22.7 Å². The number of hydrogen-bond acceptors (Lipinski definition) is 5. The van der Waals surface area contributed by atoms with Crippen molar-refractivity contribution in [2.24, 2.45) is 0 Å². The molecule has 0 aromatic carbocycles. The second-order valence-electron chi connectivity index (χ2n) is 6.58. The fourth-order valence-electron chi connectivity index (χ4n) is 3.15. The standard InChI is InChI=1S/C19H21N3OS2/c1-4-22(10-14-6-5-9-24-14)19(23)16-11(2)15-12(3)20-17(13-7-8-13)21-18(15)25-16/h5-6,9,13H,4,7-8,10H2,1-3H3. The van der Waals surface area contributed by atoms with Gasteiger partial charge in [-0.25, -0.2) is 9.97 Å². The number of nitrogens with zero attached hydrogens (tertiary/aromatic N) is 3. The van der Waals surface area contributed by atoms with E-state index in [1.54, 1.807) is 11.3 Å². The third-order valence-corrected chi connectivity index (χ3v) is 6.76. The first-order valence-corrected chi connectivity index (χ1v) is 10.4. The van der Waals surface area contributed by atoms with Crippen LogP contribution in [0.25, 0.3) is 10.2 Å². The van der Waals surface area contributed by atoms with Crippen LogP contribution in [0.1, 0.15) is 57.3 Å². The van der Waals surface area contributed by atoms with E-state index < -0.39 is 0 Å². The molecule has 1 fully saturated rings. The second kappa shape index (κ2) is 6.50. The maximum atomic E-state index is 13.1. The van der Waals surface area contributed by atoms with Gasteiger partial charge in [-0.15, -0.1) is 22.7 Å². The van der Waals surface area contributed by atoms with Crippen LogP contribution in [0.5, 0.6) is 0 Å². The molecular weight excluding hydrogens is 350 g/mol. The van der Waals surface area contributed by atoms with E-state index >= 15 is 0 Å². The summed E-state index contributed by atoms with van der Waals surface area (Å²) in [5, 5.41) is 3.11. The third kappa shape index (κ3) is 3.09. The fourth-order valence-corrected chi connectivity index (χ4v) is 5.08. The monoisotopic (exact) mass is 371 g/mol. The van der Waals surface area contributed by atoms with Gasteiger partial charge in [0.1, 0.15) is 10.7 Å². The average molecular weight is 372 g/mol. The maximum Gasteiger partial charge on any atom is 0.264 e. The lowest BCUT2D eigenvalue weighted by Gasteiger charge is -2.19. The van der Waals surface area contributed by atoms with Crippen LogP contribution < -0.4 is 0 Å². The van der Waals surface area contributed by atoms with Gasteiger partial charge in [0, 0.05) is 22.7 Å². The highest BCUT2D eigenvalue weighted by Crippen LogP contribution is 2.40. The van der Waals surface area contributed by atoms with Gasteiger partial charge in [0.25, 0.3) is 5.91 Å². The summed E-state index contributed by atoms with van der Waals surface area (Å²) in [5.41, 5.74) is 2.02. The van der Waals surface area contributed by atoms with E-state index in [1.165, 1.54) is 29.1 Å². The fraction of sp³-hybridized carbons (Fsp3) is 0.421. The minimum Gasteiger partial charge on any atom is -0.333 e. The molecule has 0 bridgehead atoms. The summed E-state index contributed by atoms with van der Waals surface area (Å²) < 4.78 is 0. The smallest absolute Gasteiger partial charge is 0.264 e. The Balaban J connectivity index is 1.71. The lowest BCUT2D eigenvalue weighted by Crippen LogP contribution is -2.29. The molecule has 1 amide bonds. The minimum atomic E-state index is 0.101. The molecule has 4 nitrogen and oxygen atoms in total. The van der Waals surface area contributed by atoms with Gasteiger partial charge in [-0.3, -0.25) is 4.79 Å². The van der Waals surface area contributed by atoms with E-state index in [4.69, 9.17) is 9.97 Å². The molecule has 0 spiro atoms. The zero-order chi connectivity index (χ0) is 17.6. The van der Waals surface area contributed by atoms with E-state index in [0.29, 0.717) is 19.0 Å². The molecule has 1 aliphatic rings. The Labute approximate surface area is 155 Å². The SMILES string of the molecule is CCN(Cc1cccs1)C(=O)c1sc2nc(C3CC3)nc(C)c2c1C. The molecule has 0 aliphatic heterocycles. The van der Waals surface area contributed by atoms with Crippen molar-refractivity contribution in [3.63, 3.8) is 0 Å². The van der Waals surface area contributed by atoms with Crippen molar-refractivity contribution in [2.45, 2.75) is 46.1 Å². The van der Waals surface area contributed by atoms with Crippen LogP contribution in [-0.4, -0.2) is 27.3 Å². The molecule has 0 radical (unpaired) electrons. The number of carbonyl (C=O) groups is 1. The highest BCUT2D eigenvalue weighted by molar-refractivity contribution is 7.20. The van der Waals surface area contributed by atoms with E-state index in [2.05, 4.69) is 11.4 Å². The van der Waals surface area contributed by atoms with Crippen LogP contribution in [0.4, 0.5) is 0 Å². The Morgan fingerprint density at radius 2 is 2.12 bits per heavy atom. The summed E-state index contributed by atoms with van der Waals surface area (Å²) in [6.07, 6.45) is 2.37. The zero-order valence-corrected chi connectivity index (χ0v) is 16.3. The summed E-state index contributed by atoms with van der Waals surface area (Å²) in [4.78, 5) is 27.5. The van der Waals surface area contributed by atoms with E-state index in [-0.39, 0.29) is 5.91 Å². The van der Waals surface area contributed by atoms with Gasteiger partial charge >= 0.3 is 0 Å². The molecular formula is C19H21N3OS2. The number of carbonyl (C=O) groups excluding carboxylic acids is 1. The van der Waals surface area contributed by atoms with Gasteiger partial charge in [0.15, 0.2) is 0 Å². The molecule has 3 aromatic heterocycles. The predicted molar refractivity (Wildman–Crippen MR) is 104 cm³/mol. The van der Waals surface area contributed by atoms with Crippen LogP contribution in [0.2, 0.25) is 0 Å². The van der Waals surface area contributed by atoms with Gasteiger partial charge in [-0.1, -0.05) is 6.07 Å². The topological polar surface area (TPSA) is 46.1 Å². The second-order valence-corrected chi connectivity index (χ2v) is 8.61. The van der Waals surface area contributed by atoms with Crippen LogP contribution in [0.15, 0.2) is 17.5 Å². The molecule has 0 N–H and O–H groups in total. The van der Waals surface area contributed by atoms with Gasteiger partial charge < -0.3 is 4.90 Å². The number of amides is 1. The normalized spacial score (nSPS) is 14.2. The first kappa shape index (κ1) is 16.7. The van der Waals surface area contributed by atoms with Crippen molar-refractivity contribution < 1.29 is 4.79 Å². The molecule has 1 aliphatic carbocycles. The lowest BCUT2D eigenvalue weighted by atomic mass is 10.1. The number of aromatic nitrogens is 2. The molecule has 130 valence electrons. The van der Waals surface area contributed by atoms with Gasteiger partial charge in [0.2, 0.25) is 0 Å². The molecule has 0 saturated heterocycles. The van der Waals surface area contributed by atoms with Crippen molar-refractivity contribution in [1.82, 2.24) is 14.9 Å². The number of hydrogen-bond donors (Lipinski definition) is 0. The Kier molecular flexibility index (Phi) is 4.33. The van der Waals surface area contributed by atoms with Crippen molar-refractivity contribution in [2.75, 3.05) is 6.54 Å². The minimum absolute atomic E-state index is 0.101. The Morgan fingerprint density at radius 3 is 2.76 bits per heavy atom. The Morgan fingerprint density at radius 1 is 1.32 bits per heavy atom. The Bertz CT molecular complexity index is 926. The first-order valence-electron chi connectivity index (χ1n) is 8.67. The van der Waals surface area contributed by atoms with Crippen LogP contribution in [0.3, 0.4) is 0 Å². The van der Waals surface area contributed by atoms with Crippen molar-refractivity contribution in [3.05, 3.63) is 44.3 Å². The number of rotatable bonds is 5.